The fourth-order valence-corrected chi connectivity index (χ4v) is 6.28. The molecule has 3 aromatic carbocycles. The molecule has 3 aromatic rings. The Kier molecular flexibility index (Phi) is 5.65. The molecule has 0 fully saturated rings. The van der Waals surface area contributed by atoms with Crippen LogP contribution < -0.4 is 0 Å². The normalized spacial score (nSPS) is 12.6. The van der Waals surface area contributed by atoms with Gasteiger partial charge in [-0.2, -0.15) is 10.9 Å². The van der Waals surface area contributed by atoms with Crippen molar-refractivity contribution in [3.8, 4) is 0 Å². The molecule has 0 aliphatic heterocycles. The maximum absolute atomic E-state index is 13.9. The second-order valence-electron chi connectivity index (χ2n) is 6.35. The minimum absolute atomic E-state index is 0.206. The van der Waals surface area contributed by atoms with E-state index in [2.05, 4.69) is 0 Å². The Morgan fingerprint density at radius 2 is 1.07 bits per heavy atom. The third-order valence-corrected chi connectivity index (χ3v) is 8.79. The molecule has 0 N–H and O–H groups in total. The highest BCUT2D eigenvalue weighted by molar-refractivity contribution is 8.17. The van der Waals surface area contributed by atoms with Gasteiger partial charge in [-0.1, -0.05) is 6.07 Å². The highest BCUT2D eigenvalue weighted by atomic mass is 32.2. The van der Waals surface area contributed by atoms with Gasteiger partial charge in [0.1, 0.15) is 5.82 Å². The fourth-order valence-electron chi connectivity index (χ4n) is 2.75. The van der Waals surface area contributed by atoms with Crippen LogP contribution in [0.25, 0.3) is 0 Å². The lowest BCUT2D eigenvalue weighted by molar-refractivity contribution is 0.600. The lowest BCUT2D eigenvalue weighted by atomic mass is 10.3. The van der Waals surface area contributed by atoms with Crippen molar-refractivity contribution in [2.75, 3.05) is 12.5 Å². The number of halogens is 1. The zero-order valence-electron chi connectivity index (χ0n) is 15.2. The van der Waals surface area contributed by atoms with Crippen molar-refractivity contribution in [2.45, 2.75) is 24.5 Å². The number of benzene rings is 3. The largest absolute Gasteiger partial charge is 0.224 e. The molecule has 0 aliphatic carbocycles. The standard InChI is InChI=1S/C20H19FO4S3/c1-27(22,23)19-10-6-16(7-11-19)26(18-5-3-4-15(21)14-18)17-8-12-20(13-9-17)28(2,24)25/h3-14,26H,1-2H3. The number of rotatable bonds is 5. The molecule has 0 saturated heterocycles. The van der Waals surface area contributed by atoms with Crippen molar-refractivity contribution in [3.63, 3.8) is 0 Å². The van der Waals surface area contributed by atoms with Crippen molar-refractivity contribution in [1.29, 1.82) is 0 Å². The zero-order valence-corrected chi connectivity index (χ0v) is 17.7. The van der Waals surface area contributed by atoms with Crippen molar-refractivity contribution in [1.82, 2.24) is 0 Å². The van der Waals surface area contributed by atoms with E-state index in [1.54, 1.807) is 30.3 Å². The molecule has 4 nitrogen and oxygen atoms in total. The molecule has 0 aromatic heterocycles. The summed E-state index contributed by atoms with van der Waals surface area (Å²) in [6.45, 7) is 0. The molecule has 0 radical (unpaired) electrons. The predicted molar refractivity (Wildman–Crippen MR) is 109 cm³/mol. The van der Waals surface area contributed by atoms with Crippen LogP contribution in [-0.4, -0.2) is 29.3 Å². The van der Waals surface area contributed by atoms with Gasteiger partial charge in [0.15, 0.2) is 19.7 Å². The van der Waals surface area contributed by atoms with E-state index in [0.29, 0.717) is 0 Å². The molecule has 0 saturated carbocycles. The van der Waals surface area contributed by atoms with Gasteiger partial charge in [-0.3, -0.25) is 0 Å². The molecule has 0 aliphatic rings. The van der Waals surface area contributed by atoms with Crippen LogP contribution in [0, 0.1) is 5.82 Å². The highest BCUT2D eigenvalue weighted by Gasteiger charge is 2.16. The van der Waals surface area contributed by atoms with E-state index in [1.807, 2.05) is 6.07 Å². The van der Waals surface area contributed by atoms with E-state index in [1.165, 1.54) is 36.4 Å². The number of hydrogen-bond acceptors (Lipinski definition) is 4. The highest BCUT2D eigenvalue weighted by Crippen LogP contribution is 2.51. The van der Waals surface area contributed by atoms with Crippen LogP contribution in [0.3, 0.4) is 0 Å². The van der Waals surface area contributed by atoms with E-state index < -0.39 is 30.6 Å². The van der Waals surface area contributed by atoms with Gasteiger partial charge in [0.05, 0.1) is 9.79 Å². The lowest BCUT2D eigenvalue weighted by Crippen LogP contribution is -1.98. The number of hydrogen-bond donors (Lipinski definition) is 1. The van der Waals surface area contributed by atoms with Gasteiger partial charge in [-0.05, 0) is 81.4 Å². The van der Waals surface area contributed by atoms with Gasteiger partial charge in [0.25, 0.3) is 0 Å². The minimum atomic E-state index is -3.32. The SMILES string of the molecule is CS(=O)(=O)c1ccc([SH](c2ccc(S(C)(=O)=O)cc2)c2cccc(F)c2)cc1. The summed E-state index contributed by atoms with van der Waals surface area (Å²) >= 11 is 0. The van der Waals surface area contributed by atoms with Gasteiger partial charge in [-0.15, -0.1) is 0 Å². The molecule has 3 rings (SSSR count). The maximum atomic E-state index is 13.9. The van der Waals surface area contributed by atoms with Crippen LogP contribution in [0.5, 0.6) is 0 Å². The van der Waals surface area contributed by atoms with Gasteiger partial charge in [0, 0.05) is 12.5 Å². The molecular formula is C20H19FO4S3. The van der Waals surface area contributed by atoms with Crippen LogP contribution in [0.2, 0.25) is 0 Å². The summed E-state index contributed by atoms with van der Waals surface area (Å²) in [6.07, 6.45) is 2.28. The second-order valence-corrected chi connectivity index (χ2v) is 12.6. The molecule has 28 heavy (non-hydrogen) atoms. The van der Waals surface area contributed by atoms with Crippen molar-refractivity contribution >= 4 is 30.6 Å². The van der Waals surface area contributed by atoms with Crippen molar-refractivity contribution < 1.29 is 21.2 Å². The van der Waals surface area contributed by atoms with E-state index >= 15 is 0 Å². The van der Waals surface area contributed by atoms with Gasteiger partial charge < -0.3 is 0 Å². The molecule has 148 valence electrons. The summed E-state index contributed by atoms with van der Waals surface area (Å²) in [5, 5.41) is 0. The predicted octanol–water partition coefficient (Wildman–Crippen LogP) is 4.11. The molecule has 0 spiro atoms. The molecule has 0 atom stereocenters. The Balaban J connectivity index is 2.13. The van der Waals surface area contributed by atoms with Crippen LogP contribution in [-0.2, 0) is 19.7 Å². The summed E-state index contributed by atoms with van der Waals surface area (Å²) in [6, 6.07) is 19.2. The minimum Gasteiger partial charge on any atom is -0.224 e. The van der Waals surface area contributed by atoms with E-state index in [-0.39, 0.29) is 15.6 Å². The Hall–Kier alpha value is -2.16. The number of thiol groups is 1. The molecular weight excluding hydrogens is 419 g/mol. The summed E-state index contributed by atoms with van der Waals surface area (Å²) < 4.78 is 60.8. The first-order chi connectivity index (χ1) is 13.1. The van der Waals surface area contributed by atoms with Gasteiger partial charge >= 0.3 is 0 Å². The average molecular weight is 439 g/mol. The smallest absolute Gasteiger partial charge is 0.175 e. The van der Waals surface area contributed by atoms with E-state index in [9.17, 15) is 21.2 Å². The Bertz CT molecular complexity index is 1130. The Morgan fingerprint density at radius 1 is 0.643 bits per heavy atom. The third kappa shape index (κ3) is 4.63. The first-order valence-corrected chi connectivity index (χ1v) is 13.3. The quantitative estimate of drug-likeness (QED) is 0.609. The van der Waals surface area contributed by atoms with Crippen molar-refractivity contribution in [2.24, 2.45) is 0 Å². The van der Waals surface area contributed by atoms with Crippen LogP contribution >= 0.6 is 10.9 Å². The summed E-state index contributed by atoms with van der Waals surface area (Å²) in [4.78, 5) is 2.82. The van der Waals surface area contributed by atoms with Crippen LogP contribution in [0.1, 0.15) is 0 Å². The summed E-state index contributed by atoms with van der Waals surface area (Å²) in [7, 11) is -7.83. The van der Waals surface area contributed by atoms with Crippen LogP contribution in [0.4, 0.5) is 4.39 Å². The monoisotopic (exact) mass is 438 g/mol. The summed E-state index contributed by atoms with van der Waals surface area (Å²) in [5.41, 5.74) is 0. The second kappa shape index (κ2) is 7.69. The van der Waals surface area contributed by atoms with E-state index in [4.69, 9.17) is 0 Å². The average Bonchev–Trinajstić information content (AvgIpc) is 2.61. The third-order valence-electron chi connectivity index (χ3n) is 4.11. The first-order valence-electron chi connectivity index (χ1n) is 8.22. The zero-order chi connectivity index (χ0) is 20.5. The Morgan fingerprint density at radius 3 is 1.43 bits per heavy atom. The molecule has 0 unspecified atom stereocenters. The topological polar surface area (TPSA) is 68.3 Å². The first kappa shape index (κ1) is 20.6. The van der Waals surface area contributed by atoms with Gasteiger partial charge in [-0.25, -0.2) is 21.2 Å². The van der Waals surface area contributed by atoms with Gasteiger partial charge in [0.2, 0.25) is 0 Å². The maximum Gasteiger partial charge on any atom is 0.175 e. The van der Waals surface area contributed by atoms with E-state index in [0.717, 1.165) is 27.2 Å². The van der Waals surface area contributed by atoms with Crippen LogP contribution in [0.15, 0.2) is 97.3 Å². The fraction of sp³-hybridized carbons (Fsp3) is 0.100. The number of sulfone groups is 2. The molecule has 0 bridgehead atoms. The Labute approximate surface area is 167 Å². The lowest BCUT2D eigenvalue weighted by Gasteiger charge is -2.23. The molecule has 8 heteroatoms. The summed E-state index contributed by atoms with van der Waals surface area (Å²) in [5.74, 6) is -0.370. The molecule has 0 amide bonds. The van der Waals surface area contributed by atoms with Crippen molar-refractivity contribution in [3.05, 3.63) is 78.6 Å². The molecule has 0 heterocycles.